The van der Waals surface area contributed by atoms with Crippen molar-refractivity contribution in [3.05, 3.63) is 11.1 Å². The summed E-state index contributed by atoms with van der Waals surface area (Å²) >= 11 is 0. The van der Waals surface area contributed by atoms with Gasteiger partial charge in [-0.25, -0.2) is 0 Å². The summed E-state index contributed by atoms with van der Waals surface area (Å²) in [4.78, 5) is 0. The first-order valence-corrected chi connectivity index (χ1v) is 5.01. The Hall–Kier alpha value is -1.32. The van der Waals surface area contributed by atoms with Crippen LogP contribution in [0.3, 0.4) is 0 Å². The molecule has 0 N–H and O–H groups in total. The van der Waals surface area contributed by atoms with E-state index >= 15 is 0 Å². The van der Waals surface area contributed by atoms with Gasteiger partial charge in [-0.3, -0.25) is 0 Å². The van der Waals surface area contributed by atoms with Gasteiger partial charge >= 0.3 is 0 Å². The van der Waals surface area contributed by atoms with Crippen LogP contribution in [0.1, 0.15) is 12.8 Å². The maximum absolute atomic E-state index is 9.06. The van der Waals surface area contributed by atoms with Gasteiger partial charge in [0, 0.05) is 17.1 Å². The lowest BCUT2D eigenvalue weighted by molar-refractivity contribution is 0.0767. The lowest BCUT2D eigenvalue weighted by atomic mass is 9.62. The zero-order valence-corrected chi connectivity index (χ0v) is 7.73. The molecular formula is C11H10N2O. The van der Waals surface area contributed by atoms with Crippen LogP contribution in [0.2, 0.25) is 0 Å². The van der Waals surface area contributed by atoms with Crippen LogP contribution < -0.4 is 0 Å². The quantitative estimate of drug-likeness (QED) is 0.574. The van der Waals surface area contributed by atoms with Crippen molar-refractivity contribution in [3.8, 4) is 12.1 Å². The average Bonchev–Trinajstić information content (AvgIpc) is 2.51. The van der Waals surface area contributed by atoms with Crippen molar-refractivity contribution in [2.45, 2.75) is 18.9 Å². The topological polar surface area (TPSA) is 56.8 Å². The van der Waals surface area contributed by atoms with Crippen molar-refractivity contribution in [1.82, 2.24) is 0 Å². The average molecular weight is 186 g/mol. The minimum atomic E-state index is 0.227. The molecule has 3 aliphatic carbocycles. The van der Waals surface area contributed by atoms with Gasteiger partial charge in [0.25, 0.3) is 0 Å². The third-order valence-electron chi connectivity index (χ3n) is 3.81. The molecule has 0 aromatic heterocycles. The Morgan fingerprint density at radius 3 is 2.57 bits per heavy atom. The van der Waals surface area contributed by atoms with E-state index in [1.807, 2.05) is 0 Å². The Kier molecular flexibility index (Phi) is 1.48. The first kappa shape index (κ1) is 8.03. The van der Waals surface area contributed by atoms with Crippen molar-refractivity contribution >= 4 is 0 Å². The Morgan fingerprint density at radius 1 is 1.14 bits per heavy atom. The fourth-order valence-corrected chi connectivity index (χ4v) is 3.27. The molecule has 1 aliphatic heterocycles. The second-order valence-electron chi connectivity index (χ2n) is 4.38. The summed E-state index contributed by atoms with van der Waals surface area (Å²) in [5, 5.41) is 18.1. The summed E-state index contributed by atoms with van der Waals surface area (Å²) in [5.41, 5.74) is 1.47. The highest BCUT2D eigenvalue weighted by molar-refractivity contribution is 5.46. The molecule has 4 aliphatic rings. The molecule has 1 heterocycles. The van der Waals surface area contributed by atoms with E-state index in [1.54, 1.807) is 0 Å². The van der Waals surface area contributed by atoms with Crippen molar-refractivity contribution in [3.63, 3.8) is 0 Å². The van der Waals surface area contributed by atoms with Gasteiger partial charge in [0.15, 0.2) is 0 Å². The summed E-state index contributed by atoms with van der Waals surface area (Å²) in [5.74, 6) is 1.04. The lowest BCUT2D eigenvalue weighted by Gasteiger charge is -2.39. The van der Waals surface area contributed by atoms with Crippen LogP contribution in [0, 0.1) is 40.4 Å². The van der Waals surface area contributed by atoms with Gasteiger partial charge in [0.2, 0.25) is 0 Å². The highest BCUT2D eigenvalue weighted by atomic mass is 16.5. The van der Waals surface area contributed by atoms with E-state index in [0.717, 1.165) is 30.6 Å². The summed E-state index contributed by atoms with van der Waals surface area (Å²) in [6.45, 7) is 0.787. The Bertz CT molecular complexity index is 384. The molecule has 2 fully saturated rings. The smallest absolute Gasteiger partial charge is 0.0961 e. The standard InChI is InChI=1S/C11H10N2O/c12-3-8-6-1-7-5-14-10(2-6)11(7)9(8)4-13/h6-7,10-11H,1-2,5H2/t6-,7+,10+,11-/m0/s1. The minimum absolute atomic E-state index is 0.227. The molecule has 0 radical (unpaired) electrons. The molecule has 3 heteroatoms. The van der Waals surface area contributed by atoms with E-state index in [-0.39, 0.29) is 12.0 Å². The lowest BCUT2D eigenvalue weighted by Crippen LogP contribution is -2.38. The molecule has 0 amide bonds. The number of rotatable bonds is 0. The summed E-state index contributed by atoms with van der Waals surface area (Å²) in [6.07, 6.45) is 2.23. The minimum Gasteiger partial charge on any atom is -0.377 e. The molecule has 1 saturated carbocycles. The van der Waals surface area contributed by atoms with Crippen molar-refractivity contribution < 1.29 is 4.74 Å². The second kappa shape index (κ2) is 2.59. The van der Waals surface area contributed by atoms with Gasteiger partial charge in [0.05, 0.1) is 24.8 Å². The Balaban J connectivity index is 2.15. The highest BCUT2D eigenvalue weighted by Crippen LogP contribution is 2.52. The Labute approximate surface area is 82.6 Å². The molecule has 3 nitrogen and oxygen atoms in total. The number of ether oxygens (including phenoxy) is 1. The largest absolute Gasteiger partial charge is 0.377 e. The molecule has 0 aromatic rings. The van der Waals surface area contributed by atoms with Crippen molar-refractivity contribution in [1.29, 1.82) is 10.5 Å². The van der Waals surface area contributed by atoms with E-state index in [2.05, 4.69) is 12.1 Å². The Morgan fingerprint density at radius 2 is 1.93 bits per heavy atom. The SMILES string of the molecule is N#CC1=C(C#N)[C@@H]2[C@H]3CO[C@@H]2C[C@@H]1C3. The van der Waals surface area contributed by atoms with E-state index < -0.39 is 0 Å². The molecule has 0 spiro atoms. The molecule has 0 aromatic carbocycles. The van der Waals surface area contributed by atoms with Crippen LogP contribution in [-0.4, -0.2) is 12.7 Å². The molecule has 0 unspecified atom stereocenters. The number of nitriles is 2. The van der Waals surface area contributed by atoms with E-state index in [1.165, 1.54) is 0 Å². The van der Waals surface area contributed by atoms with Gasteiger partial charge in [-0.05, 0) is 24.7 Å². The van der Waals surface area contributed by atoms with Crippen LogP contribution in [0.15, 0.2) is 11.1 Å². The third kappa shape index (κ3) is 0.786. The first-order chi connectivity index (χ1) is 6.85. The highest BCUT2D eigenvalue weighted by Gasteiger charge is 2.51. The van der Waals surface area contributed by atoms with Crippen LogP contribution in [-0.2, 0) is 4.74 Å². The van der Waals surface area contributed by atoms with E-state index in [4.69, 9.17) is 15.3 Å². The predicted octanol–water partition coefficient (Wildman–Crippen LogP) is 1.38. The van der Waals surface area contributed by atoms with Gasteiger partial charge in [-0.1, -0.05) is 0 Å². The summed E-state index contributed by atoms with van der Waals surface area (Å²) < 4.78 is 5.64. The second-order valence-corrected chi connectivity index (χ2v) is 4.38. The molecule has 4 bridgehead atoms. The van der Waals surface area contributed by atoms with Crippen molar-refractivity contribution in [2.24, 2.45) is 17.8 Å². The fraction of sp³-hybridized carbons (Fsp3) is 0.636. The normalized spacial score (nSPS) is 43.6. The van der Waals surface area contributed by atoms with Gasteiger partial charge in [0.1, 0.15) is 0 Å². The maximum atomic E-state index is 9.06. The number of hydrogen-bond acceptors (Lipinski definition) is 3. The molecular weight excluding hydrogens is 176 g/mol. The fourth-order valence-electron chi connectivity index (χ4n) is 3.27. The molecule has 4 atom stereocenters. The third-order valence-corrected chi connectivity index (χ3v) is 3.81. The molecule has 4 rings (SSSR count). The number of hydrogen-bond donors (Lipinski definition) is 0. The van der Waals surface area contributed by atoms with Crippen LogP contribution in [0.4, 0.5) is 0 Å². The van der Waals surface area contributed by atoms with E-state index in [0.29, 0.717) is 11.8 Å². The number of nitrogens with zero attached hydrogens (tertiary/aromatic N) is 2. The zero-order chi connectivity index (χ0) is 9.71. The van der Waals surface area contributed by atoms with Gasteiger partial charge in [-0.15, -0.1) is 0 Å². The van der Waals surface area contributed by atoms with Gasteiger partial charge < -0.3 is 4.74 Å². The van der Waals surface area contributed by atoms with E-state index in [9.17, 15) is 0 Å². The molecule has 70 valence electrons. The first-order valence-electron chi connectivity index (χ1n) is 5.01. The maximum Gasteiger partial charge on any atom is 0.0961 e. The summed E-state index contributed by atoms with van der Waals surface area (Å²) in [7, 11) is 0. The molecule has 14 heavy (non-hydrogen) atoms. The number of allylic oxidation sites excluding steroid dienone is 1. The van der Waals surface area contributed by atoms with Crippen LogP contribution in [0.25, 0.3) is 0 Å². The van der Waals surface area contributed by atoms with Crippen LogP contribution >= 0.6 is 0 Å². The van der Waals surface area contributed by atoms with Gasteiger partial charge in [-0.2, -0.15) is 10.5 Å². The van der Waals surface area contributed by atoms with Crippen molar-refractivity contribution in [2.75, 3.05) is 6.61 Å². The van der Waals surface area contributed by atoms with Crippen LogP contribution in [0.5, 0.6) is 0 Å². The summed E-state index contributed by atoms with van der Waals surface area (Å²) in [6, 6.07) is 4.42. The monoisotopic (exact) mass is 186 g/mol. The predicted molar refractivity (Wildman–Crippen MR) is 47.7 cm³/mol. The zero-order valence-electron chi connectivity index (χ0n) is 7.73. The molecule has 1 saturated heterocycles.